The quantitative estimate of drug-likeness (QED) is 0.245. The summed E-state index contributed by atoms with van der Waals surface area (Å²) in [5.41, 5.74) is -2.03. The Morgan fingerprint density at radius 3 is 1.73 bits per heavy atom. The predicted molar refractivity (Wildman–Crippen MR) is 78.5 cm³/mol. The Kier molecular flexibility index (Phi) is 7.47. The molecule has 0 atom stereocenters. The van der Waals surface area contributed by atoms with Gasteiger partial charge in [0, 0.05) is 6.42 Å². The maximum Gasteiger partial charge on any atom is 0.449 e. The molecule has 0 aromatic heterocycles. The second kappa shape index (κ2) is 7.89. The molecule has 7 heteroatoms. The van der Waals surface area contributed by atoms with Gasteiger partial charge in [-0.1, -0.05) is 0 Å². The van der Waals surface area contributed by atoms with Crippen molar-refractivity contribution in [3.05, 3.63) is 0 Å². The minimum absolute atomic E-state index is 0.213. The van der Waals surface area contributed by atoms with Gasteiger partial charge in [0.2, 0.25) is 0 Å². The smallest absolute Gasteiger partial charge is 0.449 e. The molecule has 0 amide bonds. The fraction of sp³-hybridized carbons (Fsp3) is 0.867. The first-order valence-corrected chi connectivity index (χ1v) is 7.15. The van der Waals surface area contributed by atoms with Gasteiger partial charge in [-0.05, 0) is 55.4 Å². The van der Waals surface area contributed by atoms with Crippen molar-refractivity contribution >= 4 is 11.9 Å². The average Bonchev–Trinajstić information content (AvgIpc) is 2.29. The van der Waals surface area contributed by atoms with E-state index in [2.05, 4.69) is 4.89 Å². The fourth-order valence-corrected chi connectivity index (χ4v) is 1.05. The summed E-state index contributed by atoms with van der Waals surface area (Å²) in [6.45, 7) is 14.1. The Morgan fingerprint density at radius 2 is 1.27 bits per heavy atom. The van der Waals surface area contributed by atoms with Crippen LogP contribution < -0.4 is 0 Å². The molecular weight excluding hydrogens is 292 g/mol. The van der Waals surface area contributed by atoms with Crippen LogP contribution in [0.4, 0.5) is 0 Å². The summed E-state index contributed by atoms with van der Waals surface area (Å²) in [7, 11) is 0. The summed E-state index contributed by atoms with van der Waals surface area (Å²) in [5.74, 6) is -2.32. The third kappa shape index (κ3) is 11.5. The zero-order chi connectivity index (χ0) is 17.6. The molecule has 130 valence electrons. The van der Waals surface area contributed by atoms with E-state index in [1.54, 1.807) is 34.6 Å². The molecule has 0 saturated heterocycles. The lowest BCUT2D eigenvalue weighted by Crippen LogP contribution is -2.35. The van der Waals surface area contributed by atoms with E-state index in [0.717, 1.165) is 0 Å². The van der Waals surface area contributed by atoms with Gasteiger partial charge in [-0.3, -0.25) is 4.89 Å². The summed E-state index contributed by atoms with van der Waals surface area (Å²) < 4.78 is 5.07. The maximum absolute atomic E-state index is 11.6. The average molecular weight is 320 g/mol. The number of carbonyl (C=O) groups is 2. The first kappa shape index (κ1) is 20.8. The summed E-state index contributed by atoms with van der Waals surface area (Å²) in [4.78, 5) is 42.4. The third-order valence-corrected chi connectivity index (χ3v) is 2.00. The zero-order valence-corrected chi connectivity index (χ0v) is 14.8. The highest BCUT2D eigenvalue weighted by molar-refractivity contribution is 6.29. The molecule has 0 unspecified atom stereocenters. The number of ether oxygens (including phenoxy) is 1. The van der Waals surface area contributed by atoms with Gasteiger partial charge in [-0.15, -0.1) is 0 Å². The molecular formula is C15H28O7. The van der Waals surface area contributed by atoms with E-state index >= 15 is 0 Å². The van der Waals surface area contributed by atoms with Crippen LogP contribution in [-0.2, 0) is 33.9 Å². The van der Waals surface area contributed by atoms with Crippen LogP contribution in [-0.4, -0.2) is 35.3 Å². The van der Waals surface area contributed by atoms with Crippen molar-refractivity contribution in [1.29, 1.82) is 0 Å². The van der Waals surface area contributed by atoms with Gasteiger partial charge in [0.1, 0.15) is 11.2 Å². The highest BCUT2D eigenvalue weighted by Crippen LogP contribution is 2.17. The van der Waals surface area contributed by atoms with Gasteiger partial charge in [-0.2, -0.15) is 4.89 Å². The molecule has 0 heterocycles. The monoisotopic (exact) mass is 320 g/mol. The molecule has 0 fully saturated rings. The molecule has 0 saturated carbocycles. The lowest BCUT2D eigenvalue weighted by molar-refractivity contribution is -0.351. The van der Waals surface area contributed by atoms with Crippen LogP contribution in [0, 0.1) is 0 Å². The predicted octanol–water partition coefficient (Wildman–Crippen LogP) is 2.72. The molecule has 0 aliphatic heterocycles. The normalized spacial score (nSPS) is 12.9. The largest absolute Gasteiger partial charge is 0.451 e. The minimum atomic E-state index is -1.20. The Hall–Kier alpha value is -1.18. The molecule has 0 aliphatic carbocycles. The minimum Gasteiger partial charge on any atom is -0.451 e. The number of rotatable bonds is 6. The lowest BCUT2D eigenvalue weighted by atomic mass is 10.1. The first-order chi connectivity index (χ1) is 9.72. The van der Waals surface area contributed by atoms with Gasteiger partial charge >= 0.3 is 11.9 Å². The third-order valence-electron chi connectivity index (χ3n) is 2.00. The highest BCUT2D eigenvalue weighted by Gasteiger charge is 2.30. The Morgan fingerprint density at radius 1 is 0.773 bits per heavy atom. The van der Waals surface area contributed by atoms with Crippen LogP contribution in [0.5, 0.6) is 0 Å². The van der Waals surface area contributed by atoms with E-state index in [1.165, 1.54) is 0 Å². The van der Waals surface area contributed by atoms with Gasteiger partial charge < -0.3 is 4.74 Å². The summed E-state index contributed by atoms with van der Waals surface area (Å²) in [5, 5.41) is 0. The molecule has 0 N–H and O–H groups in total. The fourth-order valence-electron chi connectivity index (χ4n) is 1.05. The Balaban J connectivity index is 4.17. The first-order valence-electron chi connectivity index (χ1n) is 7.15. The summed E-state index contributed by atoms with van der Waals surface area (Å²) in [6, 6.07) is 0. The lowest BCUT2D eigenvalue weighted by Gasteiger charge is -2.25. The molecule has 0 aromatic carbocycles. The van der Waals surface area contributed by atoms with Crippen LogP contribution >= 0.6 is 0 Å². The highest BCUT2D eigenvalue weighted by atomic mass is 17.2. The van der Waals surface area contributed by atoms with Crippen molar-refractivity contribution in [2.24, 2.45) is 0 Å². The van der Waals surface area contributed by atoms with Gasteiger partial charge in [0.15, 0.2) is 0 Å². The molecule has 7 nitrogen and oxygen atoms in total. The Labute approximate surface area is 132 Å². The van der Waals surface area contributed by atoms with Crippen LogP contribution in [0.2, 0.25) is 0 Å². The van der Waals surface area contributed by atoms with Gasteiger partial charge in [0.05, 0.1) is 12.2 Å². The van der Waals surface area contributed by atoms with E-state index in [1.807, 2.05) is 20.8 Å². The van der Waals surface area contributed by atoms with E-state index in [9.17, 15) is 9.59 Å². The topological polar surface area (TPSA) is 80.3 Å². The molecule has 0 rings (SSSR count). The van der Waals surface area contributed by atoms with Crippen LogP contribution in [0.15, 0.2) is 0 Å². The van der Waals surface area contributed by atoms with Crippen molar-refractivity contribution in [3.63, 3.8) is 0 Å². The van der Waals surface area contributed by atoms with Crippen molar-refractivity contribution in [2.45, 2.75) is 78.6 Å². The van der Waals surface area contributed by atoms with E-state index in [-0.39, 0.29) is 6.61 Å². The van der Waals surface area contributed by atoms with Crippen molar-refractivity contribution < 1.29 is 33.9 Å². The summed E-state index contributed by atoms with van der Waals surface area (Å²) >= 11 is 0. The second-order valence-electron chi connectivity index (χ2n) is 7.48. The molecule has 0 aromatic rings. The van der Waals surface area contributed by atoms with Crippen LogP contribution in [0.3, 0.4) is 0 Å². The number of hydrogen-bond acceptors (Lipinski definition) is 7. The molecule has 0 bridgehead atoms. The molecule has 0 radical (unpaired) electrons. The molecule has 0 spiro atoms. The number of esters is 1. The van der Waals surface area contributed by atoms with E-state index in [0.29, 0.717) is 6.42 Å². The summed E-state index contributed by atoms with van der Waals surface area (Å²) in [6.07, 6.45) is 0.349. The van der Waals surface area contributed by atoms with Crippen molar-refractivity contribution in [1.82, 2.24) is 0 Å². The SMILES string of the molecule is CC(C)(C)OOCCC(C)(C)OC(=O)C(=O)OOC(C)(C)C. The van der Waals surface area contributed by atoms with E-state index in [4.69, 9.17) is 19.4 Å². The van der Waals surface area contributed by atoms with Crippen LogP contribution in [0.25, 0.3) is 0 Å². The van der Waals surface area contributed by atoms with E-state index < -0.39 is 28.7 Å². The zero-order valence-electron chi connectivity index (χ0n) is 14.8. The second-order valence-corrected chi connectivity index (χ2v) is 7.48. The number of hydrogen-bond donors (Lipinski definition) is 0. The molecule has 0 aliphatic rings. The maximum atomic E-state index is 11.6. The number of carbonyl (C=O) groups excluding carboxylic acids is 2. The van der Waals surface area contributed by atoms with Gasteiger partial charge in [0.25, 0.3) is 0 Å². The molecule has 22 heavy (non-hydrogen) atoms. The van der Waals surface area contributed by atoms with Crippen LogP contribution in [0.1, 0.15) is 61.8 Å². The standard InChI is InChI=1S/C15H28O7/c1-13(2,3)21-18-10-9-15(7,8)19-11(16)12(17)20-22-14(4,5)6/h9-10H2,1-8H3. The van der Waals surface area contributed by atoms with Gasteiger partial charge in [-0.25, -0.2) is 19.4 Å². The van der Waals surface area contributed by atoms with Crippen molar-refractivity contribution in [3.8, 4) is 0 Å². The Bertz CT molecular complexity index is 374. The van der Waals surface area contributed by atoms with Crippen molar-refractivity contribution in [2.75, 3.05) is 6.61 Å².